The number of nitrogens with zero attached hydrogens (tertiary/aromatic N) is 1. The summed E-state index contributed by atoms with van der Waals surface area (Å²) in [6, 6.07) is 11.3. The van der Waals surface area contributed by atoms with Crippen molar-refractivity contribution in [1.29, 1.82) is 0 Å². The number of amides is 3. The first kappa shape index (κ1) is 15.5. The van der Waals surface area contributed by atoms with E-state index in [0.717, 1.165) is 4.90 Å². The number of benzene rings is 2. The van der Waals surface area contributed by atoms with Gasteiger partial charge in [0.05, 0.1) is 29.6 Å². The lowest BCUT2D eigenvalue weighted by atomic mass is 10.1. The van der Waals surface area contributed by atoms with Crippen molar-refractivity contribution in [3.05, 3.63) is 53.6 Å². The Balaban J connectivity index is 1.72. The molecule has 3 N–H and O–H groups in total. The van der Waals surface area contributed by atoms with Crippen LogP contribution < -0.4 is 15.8 Å². The molecule has 2 aromatic rings. The lowest BCUT2D eigenvalue weighted by Gasteiger charge is -2.14. The maximum Gasteiger partial charge on any atom is 0.262 e. The molecule has 0 aromatic heterocycles. The number of rotatable bonds is 4. The molecule has 7 nitrogen and oxygen atoms in total. The highest BCUT2D eigenvalue weighted by Gasteiger charge is 2.36. The summed E-state index contributed by atoms with van der Waals surface area (Å²) in [5.74, 6) is -0.908. The van der Waals surface area contributed by atoms with Gasteiger partial charge in [-0.1, -0.05) is 12.1 Å². The maximum atomic E-state index is 12.2. The lowest BCUT2D eigenvalue weighted by molar-refractivity contribution is -0.116. The van der Waals surface area contributed by atoms with Crippen molar-refractivity contribution >= 4 is 29.1 Å². The predicted octanol–water partition coefficient (Wildman–Crippen LogP) is 1.51. The van der Waals surface area contributed by atoms with Crippen LogP contribution in [0.1, 0.15) is 20.7 Å². The molecule has 3 rings (SSSR count). The van der Waals surface area contributed by atoms with Crippen LogP contribution in [-0.4, -0.2) is 36.3 Å². The summed E-state index contributed by atoms with van der Waals surface area (Å²) in [6.07, 6.45) is 0. The zero-order valence-corrected chi connectivity index (χ0v) is 12.9. The second-order valence-electron chi connectivity index (χ2n) is 5.24. The SMILES string of the molecule is COc1ccc(NC(=O)CN2C(=O)c3ccccc3C2=O)c(N)c1. The summed E-state index contributed by atoms with van der Waals surface area (Å²) in [5, 5.41) is 2.59. The summed E-state index contributed by atoms with van der Waals surface area (Å²) in [4.78, 5) is 37.5. The number of methoxy groups -OCH3 is 1. The van der Waals surface area contributed by atoms with Crippen molar-refractivity contribution in [1.82, 2.24) is 4.90 Å². The zero-order valence-electron chi connectivity index (χ0n) is 12.9. The van der Waals surface area contributed by atoms with Gasteiger partial charge in [-0.15, -0.1) is 0 Å². The first-order chi connectivity index (χ1) is 11.5. The average Bonchev–Trinajstić information content (AvgIpc) is 2.82. The topological polar surface area (TPSA) is 102 Å². The third-order valence-electron chi connectivity index (χ3n) is 3.71. The van der Waals surface area contributed by atoms with Crippen LogP contribution in [0, 0.1) is 0 Å². The predicted molar refractivity (Wildman–Crippen MR) is 87.8 cm³/mol. The van der Waals surface area contributed by atoms with Crippen LogP contribution in [0.5, 0.6) is 5.75 Å². The largest absolute Gasteiger partial charge is 0.497 e. The highest BCUT2D eigenvalue weighted by Crippen LogP contribution is 2.25. The van der Waals surface area contributed by atoms with Gasteiger partial charge in [0.1, 0.15) is 12.3 Å². The molecule has 0 aliphatic carbocycles. The fourth-order valence-electron chi connectivity index (χ4n) is 2.50. The van der Waals surface area contributed by atoms with Gasteiger partial charge in [-0.25, -0.2) is 0 Å². The van der Waals surface area contributed by atoms with Crippen molar-refractivity contribution in [2.45, 2.75) is 0 Å². The Kier molecular flexibility index (Phi) is 3.91. The number of hydrogen-bond donors (Lipinski definition) is 2. The molecular formula is C17H15N3O4. The summed E-state index contributed by atoms with van der Waals surface area (Å²) in [5.41, 5.74) is 7.16. The van der Waals surface area contributed by atoms with Gasteiger partial charge in [-0.2, -0.15) is 0 Å². The van der Waals surface area contributed by atoms with Gasteiger partial charge in [-0.05, 0) is 24.3 Å². The molecule has 0 radical (unpaired) electrons. The Morgan fingerprint density at radius 2 is 1.75 bits per heavy atom. The number of carbonyl (C=O) groups is 3. The molecule has 3 amide bonds. The Morgan fingerprint density at radius 3 is 2.29 bits per heavy atom. The first-order valence-electron chi connectivity index (χ1n) is 7.20. The molecule has 0 unspecified atom stereocenters. The second-order valence-corrected chi connectivity index (χ2v) is 5.24. The van der Waals surface area contributed by atoms with Crippen LogP contribution >= 0.6 is 0 Å². The molecule has 1 aliphatic heterocycles. The fraction of sp³-hybridized carbons (Fsp3) is 0.118. The fourth-order valence-corrected chi connectivity index (χ4v) is 2.50. The molecule has 0 saturated carbocycles. The Bertz CT molecular complexity index is 812. The van der Waals surface area contributed by atoms with Gasteiger partial charge >= 0.3 is 0 Å². The number of nitrogens with one attached hydrogen (secondary N) is 1. The van der Waals surface area contributed by atoms with Crippen LogP contribution in [0.3, 0.4) is 0 Å². The van der Waals surface area contributed by atoms with Crippen LogP contribution in [0.25, 0.3) is 0 Å². The monoisotopic (exact) mass is 325 g/mol. The van der Waals surface area contributed by atoms with Crippen molar-refractivity contribution in [2.24, 2.45) is 0 Å². The minimum absolute atomic E-state index is 0.305. The lowest BCUT2D eigenvalue weighted by Crippen LogP contribution is -2.37. The molecule has 7 heteroatoms. The number of hydrogen-bond acceptors (Lipinski definition) is 5. The van der Waals surface area contributed by atoms with Crippen LogP contribution in [-0.2, 0) is 4.79 Å². The minimum atomic E-state index is -0.513. The average molecular weight is 325 g/mol. The maximum absolute atomic E-state index is 12.2. The number of imide groups is 1. The molecule has 0 bridgehead atoms. The summed E-state index contributed by atoms with van der Waals surface area (Å²) in [6.45, 7) is -0.377. The highest BCUT2D eigenvalue weighted by atomic mass is 16.5. The summed E-state index contributed by atoms with van der Waals surface area (Å²) < 4.78 is 5.04. The number of carbonyl (C=O) groups excluding carboxylic acids is 3. The molecule has 24 heavy (non-hydrogen) atoms. The molecule has 0 spiro atoms. The van der Waals surface area contributed by atoms with Gasteiger partial charge in [-0.3, -0.25) is 19.3 Å². The Morgan fingerprint density at radius 1 is 1.12 bits per heavy atom. The minimum Gasteiger partial charge on any atom is -0.497 e. The number of anilines is 2. The molecule has 0 fully saturated rings. The van der Waals surface area contributed by atoms with E-state index in [1.807, 2.05) is 0 Å². The van der Waals surface area contributed by atoms with E-state index in [9.17, 15) is 14.4 Å². The second kappa shape index (κ2) is 6.04. The Labute approximate surface area is 138 Å². The van der Waals surface area contributed by atoms with Gasteiger partial charge in [0.25, 0.3) is 11.8 Å². The van der Waals surface area contributed by atoms with E-state index < -0.39 is 17.7 Å². The van der Waals surface area contributed by atoms with E-state index in [-0.39, 0.29) is 6.54 Å². The summed E-state index contributed by atoms with van der Waals surface area (Å²) >= 11 is 0. The number of nitrogen functional groups attached to an aromatic ring is 1. The molecule has 2 aromatic carbocycles. The van der Waals surface area contributed by atoms with Crippen molar-refractivity contribution in [3.8, 4) is 5.75 Å². The van der Waals surface area contributed by atoms with Crippen molar-refractivity contribution < 1.29 is 19.1 Å². The highest BCUT2D eigenvalue weighted by molar-refractivity contribution is 6.22. The van der Waals surface area contributed by atoms with Crippen LogP contribution in [0.15, 0.2) is 42.5 Å². The molecule has 122 valence electrons. The normalized spacial score (nSPS) is 13.0. The van der Waals surface area contributed by atoms with Gasteiger partial charge < -0.3 is 15.8 Å². The van der Waals surface area contributed by atoms with Gasteiger partial charge in [0, 0.05) is 6.07 Å². The zero-order chi connectivity index (χ0) is 17.3. The number of fused-ring (bicyclic) bond motifs is 1. The van der Waals surface area contributed by atoms with Crippen molar-refractivity contribution in [3.63, 3.8) is 0 Å². The molecule has 1 aliphatic rings. The van der Waals surface area contributed by atoms with E-state index in [4.69, 9.17) is 10.5 Å². The van der Waals surface area contributed by atoms with Crippen molar-refractivity contribution in [2.75, 3.05) is 24.7 Å². The quantitative estimate of drug-likeness (QED) is 0.655. The van der Waals surface area contributed by atoms with Gasteiger partial charge in [0.15, 0.2) is 0 Å². The van der Waals surface area contributed by atoms with Gasteiger partial charge in [0.2, 0.25) is 5.91 Å². The standard InChI is InChI=1S/C17H15N3O4/c1-24-10-6-7-14(13(18)8-10)19-15(21)9-20-16(22)11-4-2-3-5-12(11)17(20)23/h2-8H,9,18H2,1H3,(H,19,21). The third kappa shape index (κ3) is 2.67. The smallest absolute Gasteiger partial charge is 0.262 e. The van der Waals surface area contributed by atoms with Crippen LogP contribution in [0.4, 0.5) is 11.4 Å². The number of nitrogens with two attached hydrogens (primary N) is 1. The molecule has 0 atom stereocenters. The van der Waals surface area contributed by atoms with E-state index >= 15 is 0 Å². The molecular weight excluding hydrogens is 310 g/mol. The van der Waals surface area contributed by atoms with E-state index in [0.29, 0.717) is 28.3 Å². The van der Waals surface area contributed by atoms with Crippen LogP contribution in [0.2, 0.25) is 0 Å². The number of ether oxygens (including phenoxy) is 1. The van der Waals surface area contributed by atoms with E-state index in [1.54, 1.807) is 42.5 Å². The third-order valence-corrected chi connectivity index (χ3v) is 3.71. The summed E-state index contributed by atoms with van der Waals surface area (Å²) in [7, 11) is 1.51. The van der Waals surface area contributed by atoms with E-state index in [2.05, 4.69) is 5.32 Å². The first-order valence-corrected chi connectivity index (χ1v) is 7.20. The molecule has 0 saturated heterocycles. The van der Waals surface area contributed by atoms with E-state index in [1.165, 1.54) is 7.11 Å². The molecule has 1 heterocycles. The Hall–Kier alpha value is -3.35.